The van der Waals surface area contributed by atoms with Crippen LogP contribution in [0, 0.1) is 0 Å². The lowest BCUT2D eigenvalue weighted by molar-refractivity contribution is 0.201. The van der Waals surface area contributed by atoms with Gasteiger partial charge in [0.2, 0.25) is 0 Å². The molecule has 0 saturated carbocycles. The van der Waals surface area contributed by atoms with Crippen LogP contribution in [0.4, 0.5) is 0 Å². The van der Waals surface area contributed by atoms with Crippen LogP contribution in [-0.2, 0) is 0 Å². The standard InChI is InChI=1S/C9H13BO5/c1-14-7-2-3-8(10(12)13)9(6-7)15-5-4-11/h2-3,6,11-13H,4-5H2,1H3. The molecule has 0 amide bonds. The van der Waals surface area contributed by atoms with Gasteiger partial charge in [0.15, 0.2) is 0 Å². The van der Waals surface area contributed by atoms with E-state index in [0.717, 1.165) is 0 Å². The normalized spacial score (nSPS) is 9.87. The third-order valence-corrected chi connectivity index (χ3v) is 1.85. The monoisotopic (exact) mass is 212 g/mol. The van der Waals surface area contributed by atoms with E-state index in [1.54, 1.807) is 6.07 Å². The van der Waals surface area contributed by atoms with E-state index in [-0.39, 0.29) is 18.7 Å². The first-order chi connectivity index (χ1) is 7.19. The molecule has 3 N–H and O–H groups in total. The predicted octanol–water partition coefficient (Wildman–Crippen LogP) is -1.25. The van der Waals surface area contributed by atoms with Gasteiger partial charge in [-0.3, -0.25) is 0 Å². The van der Waals surface area contributed by atoms with Crippen molar-refractivity contribution in [1.29, 1.82) is 0 Å². The lowest BCUT2D eigenvalue weighted by atomic mass is 9.79. The van der Waals surface area contributed by atoms with Gasteiger partial charge in [0.05, 0.1) is 13.7 Å². The molecule has 0 saturated heterocycles. The van der Waals surface area contributed by atoms with Crippen LogP contribution in [0.2, 0.25) is 0 Å². The zero-order chi connectivity index (χ0) is 11.3. The molecule has 0 aromatic heterocycles. The first-order valence-electron chi connectivity index (χ1n) is 4.46. The minimum absolute atomic E-state index is 0.0902. The molecular formula is C9H13BO5. The number of hydrogen-bond donors (Lipinski definition) is 3. The van der Waals surface area contributed by atoms with Crippen molar-refractivity contribution in [2.75, 3.05) is 20.3 Å². The second-order valence-corrected chi connectivity index (χ2v) is 2.85. The fourth-order valence-corrected chi connectivity index (χ4v) is 1.14. The molecule has 1 aromatic carbocycles. The third kappa shape index (κ3) is 3.12. The summed E-state index contributed by atoms with van der Waals surface area (Å²) in [7, 11) is -0.107. The van der Waals surface area contributed by atoms with E-state index in [1.165, 1.54) is 19.2 Å². The number of aliphatic hydroxyl groups excluding tert-OH is 1. The number of benzene rings is 1. The molecule has 82 valence electrons. The molecule has 5 nitrogen and oxygen atoms in total. The minimum atomic E-state index is -1.61. The highest BCUT2D eigenvalue weighted by Crippen LogP contribution is 2.17. The predicted molar refractivity (Wildman–Crippen MR) is 55.4 cm³/mol. The summed E-state index contributed by atoms with van der Waals surface area (Å²) < 4.78 is 10.1. The van der Waals surface area contributed by atoms with Crippen LogP contribution in [-0.4, -0.2) is 42.6 Å². The molecule has 0 bridgehead atoms. The number of ether oxygens (including phenoxy) is 2. The minimum Gasteiger partial charge on any atom is -0.497 e. The van der Waals surface area contributed by atoms with Crippen molar-refractivity contribution < 1.29 is 24.6 Å². The van der Waals surface area contributed by atoms with E-state index < -0.39 is 7.12 Å². The van der Waals surface area contributed by atoms with Gasteiger partial charge in [-0.25, -0.2) is 0 Å². The molecule has 0 aliphatic rings. The van der Waals surface area contributed by atoms with Crippen LogP contribution in [0.15, 0.2) is 18.2 Å². The van der Waals surface area contributed by atoms with Crippen LogP contribution in [0.5, 0.6) is 11.5 Å². The summed E-state index contributed by atoms with van der Waals surface area (Å²) in [5.74, 6) is 0.839. The zero-order valence-corrected chi connectivity index (χ0v) is 8.38. The van der Waals surface area contributed by atoms with E-state index in [1.807, 2.05) is 0 Å². The summed E-state index contributed by atoms with van der Waals surface area (Å²) in [4.78, 5) is 0. The van der Waals surface area contributed by atoms with E-state index in [0.29, 0.717) is 11.5 Å². The summed E-state index contributed by atoms with van der Waals surface area (Å²) in [6.45, 7) is -0.0505. The largest absolute Gasteiger partial charge is 0.497 e. The van der Waals surface area contributed by atoms with Gasteiger partial charge in [0.25, 0.3) is 0 Å². The lowest BCUT2D eigenvalue weighted by Crippen LogP contribution is -2.31. The highest BCUT2D eigenvalue weighted by Gasteiger charge is 2.17. The van der Waals surface area contributed by atoms with Crippen LogP contribution in [0.1, 0.15) is 0 Å². The molecule has 6 heteroatoms. The highest BCUT2D eigenvalue weighted by molar-refractivity contribution is 6.59. The number of aliphatic hydroxyl groups is 1. The van der Waals surface area contributed by atoms with Gasteiger partial charge in [-0.1, -0.05) is 6.07 Å². The Bertz CT molecular complexity index is 315. The zero-order valence-electron chi connectivity index (χ0n) is 8.38. The molecule has 0 fully saturated rings. The Labute approximate surface area is 88.0 Å². The van der Waals surface area contributed by atoms with Crippen molar-refractivity contribution in [3.8, 4) is 11.5 Å². The maximum absolute atomic E-state index is 9.04. The lowest BCUT2D eigenvalue weighted by Gasteiger charge is -2.11. The average molecular weight is 212 g/mol. The number of rotatable bonds is 5. The molecule has 1 aromatic rings. The van der Waals surface area contributed by atoms with Crippen molar-refractivity contribution in [2.24, 2.45) is 0 Å². The number of methoxy groups -OCH3 is 1. The quantitative estimate of drug-likeness (QED) is 0.531. The Kier molecular flexibility index (Phi) is 4.42. The van der Waals surface area contributed by atoms with Gasteiger partial charge in [-0.2, -0.15) is 0 Å². The molecule has 0 atom stereocenters. The smallest absolute Gasteiger partial charge is 0.492 e. The average Bonchev–Trinajstić information content (AvgIpc) is 2.25. The molecule has 0 aliphatic heterocycles. The van der Waals surface area contributed by atoms with E-state index in [9.17, 15) is 0 Å². The molecule has 0 radical (unpaired) electrons. The fraction of sp³-hybridized carbons (Fsp3) is 0.333. The molecular weight excluding hydrogens is 199 g/mol. The van der Waals surface area contributed by atoms with Gasteiger partial charge in [-0.05, 0) is 6.07 Å². The Morgan fingerprint density at radius 2 is 2.07 bits per heavy atom. The van der Waals surface area contributed by atoms with Crippen molar-refractivity contribution in [2.45, 2.75) is 0 Å². The Balaban J connectivity index is 2.94. The van der Waals surface area contributed by atoms with Crippen molar-refractivity contribution >= 4 is 12.6 Å². The molecule has 0 aliphatic carbocycles. The van der Waals surface area contributed by atoms with E-state index in [4.69, 9.17) is 24.6 Å². The first-order valence-corrected chi connectivity index (χ1v) is 4.46. The maximum atomic E-state index is 9.04. The molecule has 0 unspecified atom stereocenters. The Morgan fingerprint density at radius 1 is 1.33 bits per heavy atom. The third-order valence-electron chi connectivity index (χ3n) is 1.85. The SMILES string of the molecule is COc1ccc(B(O)O)c(OCCO)c1. The Hall–Kier alpha value is -1.24. The van der Waals surface area contributed by atoms with Crippen LogP contribution in [0.25, 0.3) is 0 Å². The Morgan fingerprint density at radius 3 is 2.60 bits per heavy atom. The maximum Gasteiger partial charge on any atom is 0.492 e. The fourth-order valence-electron chi connectivity index (χ4n) is 1.14. The second-order valence-electron chi connectivity index (χ2n) is 2.85. The van der Waals surface area contributed by atoms with Gasteiger partial charge >= 0.3 is 7.12 Å². The van der Waals surface area contributed by atoms with Crippen molar-refractivity contribution in [3.05, 3.63) is 18.2 Å². The topological polar surface area (TPSA) is 79.2 Å². The molecule has 15 heavy (non-hydrogen) atoms. The number of hydrogen-bond acceptors (Lipinski definition) is 5. The second kappa shape index (κ2) is 5.60. The first kappa shape index (κ1) is 11.8. The van der Waals surface area contributed by atoms with Gasteiger partial charge in [0.1, 0.15) is 18.1 Å². The summed E-state index contributed by atoms with van der Waals surface area (Å²) in [5, 5.41) is 26.7. The van der Waals surface area contributed by atoms with Crippen molar-refractivity contribution in [1.82, 2.24) is 0 Å². The molecule has 1 rings (SSSR count). The van der Waals surface area contributed by atoms with Crippen molar-refractivity contribution in [3.63, 3.8) is 0 Å². The van der Waals surface area contributed by atoms with Crippen LogP contribution in [0.3, 0.4) is 0 Å². The van der Waals surface area contributed by atoms with Crippen LogP contribution >= 0.6 is 0 Å². The van der Waals surface area contributed by atoms with Crippen LogP contribution < -0.4 is 14.9 Å². The molecule has 0 heterocycles. The van der Waals surface area contributed by atoms with Gasteiger partial charge in [-0.15, -0.1) is 0 Å². The summed E-state index contributed by atoms with van der Waals surface area (Å²) in [5.41, 5.74) is 0.240. The van der Waals surface area contributed by atoms with E-state index >= 15 is 0 Å². The van der Waals surface area contributed by atoms with E-state index in [2.05, 4.69) is 0 Å². The van der Waals surface area contributed by atoms with Gasteiger partial charge < -0.3 is 24.6 Å². The molecule has 0 spiro atoms. The van der Waals surface area contributed by atoms with Gasteiger partial charge in [0, 0.05) is 11.5 Å². The summed E-state index contributed by atoms with van der Waals surface area (Å²) in [6, 6.07) is 4.63. The highest BCUT2D eigenvalue weighted by atomic mass is 16.5. The summed E-state index contributed by atoms with van der Waals surface area (Å²) in [6.07, 6.45) is 0. The summed E-state index contributed by atoms with van der Waals surface area (Å²) >= 11 is 0.